The van der Waals surface area contributed by atoms with E-state index in [0.717, 1.165) is 36.4 Å². The predicted octanol–water partition coefficient (Wildman–Crippen LogP) is 2.60. The average molecular weight is 289 g/mol. The van der Waals surface area contributed by atoms with Crippen LogP contribution in [0.3, 0.4) is 0 Å². The fourth-order valence-corrected chi connectivity index (χ4v) is 2.58. The normalized spacial score (nSPS) is 13.2. The van der Waals surface area contributed by atoms with Crippen molar-refractivity contribution in [3.05, 3.63) is 30.1 Å². The Morgan fingerprint density at radius 2 is 2.00 bits per heavy atom. The monoisotopic (exact) mass is 289 g/mol. The van der Waals surface area contributed by atoms with Crippen LogP contribution in [0.4, 0.5) is 0 Å². The van der Waals surface area contributed by atoms with Crippen molar-refractivity contribution in [2.45, 2.75) is 46.3 Å². The number of fused-ring (bicyclic) bond motifs is 1. The van der Waals surface area contributed by atoms with Crippen molar-refractivity contribution < 1.29 is 5.11 Å². The Kier molecular flexibility index (Phi) is 5.76. The second kappa shape index (κ2) is 7.57. The van der Waals surface area contributed by atoms with Crippen LogP contribution in [0.15, 0.2) is 24.3 Å². The van der Waals surface area contributed by atoms with Gasteiger partial charge in [0.15, 0.2) is 0 Å². The maximum Gasteiger partial charge on any atom is 0.112 e. The van der Waals surface area contributed by atoms with E-state index in [0.29, 0.717) is 18.9 Å². The van der Waals surface area contributed by atoms with Gasteiger partial charge in [-0.3, -0.25) is 0 Å². The average Bonchev–Trinajstić information content (AvgIpc) is 2.77. The summed E-state index contributed by atoms with van der Waals surface area (Å²) in [5.41, 5.74) is 2.18. The molecule has 0 spiro atoms. The van der Waals surface area contributed by atoms with Gasteiger partial charge in [-0.05, 0) is 31.0 Å². The number of rotatable bonds is 8. The predicted molar refractivity (Wildman–Crippen MR) is 87.4 cm³/mol. The highest BCUT2D eigenvalue weighted by atomic mass is 16.3. The van der Waals surface area contributed by atoms with Crippen molar-refractivity contribution in [1.82, 2.24) is 14.9 Å². The number of benzene rings is 1. The van der Waals surface area contributed by atoms with Crippen molar-refractivity contribution >= 4 is 11.0 Å². The Bertz CT molecular complexity index is 562. The van der Waals surface area contributed by atoms with Crippen molar-refractivity contribution in [3.8, 4) is 0 Å². The number of nitrogens with zero attached hydrogens (tertiary/aromatic N) is 2. The summed E-state index contributed by atoms with van der Waals surface area (Å²) in [5.74, 6) is 1.58. The van der Waals surface area contributed by atoms with Gasteiger partial charge in [-0.25, -0.2) is 4.98 Å². The molecule has 1 unspecified atom stereocenters. The first-order chi connectivity index (χ1) is 10.1. The molecule has 0 bridgehead atoms. The van der Waals surface area contributed by atoms with E-state index in [9.17, 15) is 5.11 Å². The maximum absolute atomic E-state index is 10.2. The number of para-hydroxylation sites is 2. The zero-order chi connectivity index (χ0) is 15.2. The molecule has 0 saturated heterocycles. The first kappa shape index (κ1) is 16.0. The lowest BCUT2D eigenvalue weighted by molar-refractivity contribution is 0.167. The molecule has 1 heterocycles. The van der Waals surface area contributed by atoms with E-state index in [1.165, 1.54) is 0 Å². The van der Waals surface area contributed by atoms with E-state index in [2.05, 4.69) is 41.7 Å². The van der Waals surface area contributed by atoms with Crippen LogP contribution in [-0.2, 0) is 13.0 Å². The van der Waals surface area contributed by atoms with Crippen LogP contribution in [0, 0.1) is 5.92 Å². The molecule has 116 valence electrons. The summed E-state index contributed by atoms with van der Waals surface area (Å²) < 4.78 is 2.24. The molecule has 4 heteroatoms. The van der Waals surface area contributed by atoms with Gasteiger partial charge in [0.25, 0.3) is 0 Å². The summed E-state index contributed by atoms with van der Waals surface area (Å²) in [5, 5.41) is 13.5. The third-order valence-electron chi connectivity index (χ3n) is 3.53. The first-order valence-corrected chi connectivity index (χ1v) is 7.94. The molecule has 0 amide bonds. The van der Waals surface area contributed by atoms with Gasteiger partial charge >= 0.3 is 0 Å². The van der Waals surface area contributed by atoms with Crippen molar-refractivity contribution in [1.29, 1.82) is 0 Å². The van der Waals surface area contributed by atoms with E-state index in [1.54, 1.807) is 0 Å². The molecule has 2 rings (SSSR count). The highest BCUT2D eigenvalue weighted by molar-refractivity contribution is 5.75. The van der Waals surface area contributed by atoms with E-state index in [1.807, 2.05) is 18.2 Å². The quantitative estimate of drug-likeness (QED) is 0.785. The Morgan fingerprint density at radius 3 is 2.71 bits per heavy atom. The molecule has 0 aliphatic heterocycles. The minimum Gasteiger partial charge on any atom is -0.391 e. The molecule has 2 aromatic rings. The molecule has 1 aromatic carbocycles. The number of aromatic nitrogens is 2. The standard InChI is InChI=1S/C17H27N3O/c1-4-9-20-16-8-6-5-7-15(16)19-17(20)10-14(21)12-18-11-13(2)3/h5-8,13-14,18,21H,4,9-12H2,1-3H3. The highest BCUT2D eigenvalue weighted by Gasteiger charge is 2.14. The van der Waals surface area contributed by atoms with E-state index >= 15 is 0 Å². The fourth-order valence-electron chi connectivity index (χ4n) is 2.58. The number of nitrogens with one attached hydrogen (secondary N) is 1. The minimum atomic E-state index is -0.392. The van der Waals surface area contributed by atoms with Crippen LogP contribution in [0.2, 0.25) is 0 Å². The van der Waals surface area contributed by atoms with Crippen LogP contribution < -0.4 is 5.32 Å². The Hall–Kier alpha value is -1.39. The number of hydrogen-bond donors (Lipinski definition) is 2. The van der Waals surface area contributed by atoms with Crippen molar-refractivity contribution in [2.24, 2.45) is 5.92 Å². The van der Waals surface area contributed by atoms with Crippen LogP contribution in [-0.4, -0.2) is 33.9 Å². The second-order valence-electron chi connectivity index (χ2n) is 6.08. The fraction of sp³-hybridized carbons (Fsp3) is 0.588. The summed E-state index contributed by atoms with van der Waals surface area (Å²) in [6.45, 7) is 9.00. The van der Waals surface area contributed by atoms with E-state index < -0.39 is 6.10 Å². The van der Waals surface area contributed by atoms with Gasteiger partial charge in [0.2, 0.25) is 0 Å². The number of hydrogen-bond acceptors (Lipinski definition) is 3. The lowest BCUT2D eigenvalue weighted by atomic mass is 10.2. The molecule has 1 atom stereocenters. The van der Waals surface area contributed by atoms with Crippen LogP contribution in [0.5, 0.6) is 0 Å². The molecule has 0 saturated carbocycles. The van der Waals surface area contributed by atoms with E-state index in [4.69, 9.17) is 0 Å². The Morgan fingerprint density at radius 1 is 1.24 bits per heavy atom. The van der Waals surface area contributed by atoms with Gasteiger partial charge in [-0.1, -0.05) is 32.9 Å². The minimum absolute atomic E-state index is 0.392. The molecular weight excluding hydrogens is 262 g/mol. The molecule has 0 aliphatic carbocycles. The van der Waals surface area contributed by atoms with Crippen LogP contribution in [0.1, 0.15) is 33.0 Å². The summed E-state index contributed by atoms with van der Waals surface area (Å²) >= 11 is 0. The maximum atomic E-state index is 10.2. The van der Waals surface area contributed by atoms with Gasteiger partial charge in [0.1, 0.15) is 5.82 Å². The number of imidazole rings is 1. The molecule has 4 nitrogen and oxygen atoms in total. The molecule has 0 radical (unpaired) electrons. The van der Waals surface area contributed by atoms with Gasteiger partial charge in [-0.2, -0.15) is 0 Å². The topological polar surface area (TPSA) is 50.1 Å². The molecular formula is C17H27N3O. The molecule has 1 aromatic heterocycles. The van der Waals surface area contributed by atoms with Crippen LogP contribution in [0.25, 0.3) is 11.0 Å². The summed E-state index contributed by atoms with van der Waals surface area (Å²) in [6.07, 6.45) is 1.27. The smallest absolute Gasteiger partial charge is 0.112 e. The largest absolute Gasteiger partial charge is 0.391 e. The second-order valence-corrected chi connectivity index (χ2v) is 6.08. The third kappa shape index (κ3) is 4.29. The number of aliphatic hydroxyl groups excluding tert-OH is 1. The summed E-state index contributed by atoms with van der Waals surface area (Å²) in [6, 6.07) is 8.19. The zero-order valence-electron chi connectivity index (χ0n) is 13.3. The van der Waals surface area contributed by atoms with Crippen molar-refractivity contribution in [2.75, 3.05) is 13.1 Å². The molecule has 0 fully saturated rings. The molecule has 0 aliphatic rings. The number of aryl methyl sites for hydroxylation is 1. The Balaban J connectivity index is 2.08. The lowest BCUT2D eigenvalue weighted by Crippen LogP contribution is -2.31. The van der Waals surface area contributed by atoms with Gasteiger partial charge in [-0.15, -0.1) is 0 Å². The SMILES string of the molecule is CCCn1c(CC(O)CNCC(C)C)nc2ccccc21. The zero-order valence-corrected chi connectivity index (χ0v) is 13.3. The molecule has 2 N–H and O–H groups in total. The first-order valence-electron chi connectivity index (χ1n) is 7.94. The van der Waals surface area contributed by atoms with Gasteiger partial charge in [0, 0.05) is 19.5 Å². The summed E-state index contributed by atoms with van der Waals surface area (Å²) in [7, 11) is 0. The van der Waals surface area contributed by atoms with Crippen molar-refractivity contribution in [3.63, 3.8) is 0 Å². The summed E-state index contributed by atoms with van der Waals surface area (Å²) in [4.78, 5) is 4.69. The Labute approximate surface area is 127 Å². The number of aliphatic hydroxyl groups is 1. The third-order valence-corrected chi connectivity index (χ3v) is 3.53. The van der Waals surface area contributed by atoms with Crippen LogP contribution >= 0.6 is 0 Å². The molecule has 21 heavy (non-hydrogen) atoms. The van der Waals surface area contributed by atoms with Gasteiger partial charge < -0.3 is 15.0 Å². The lowest BCUT2D eigenvalue weighted by Gasteiger charge is -2.14. The highest BCUT2D eigenvalue weighted by Crippen LogP contribution is 2.17. The van der Waals surface area contributed by atoms with Gasteiger partial charge in [0.05, 0.1) is 17.1 Å². The van der Waals surface area contributed by atoms with E-state index in [-0.39, 0.29) is 0 Å².